The third kappa shape index (κ3) is 5.38. The van der Waals surface area contributed by atoms with Gasteiger partial charge in [0, 0.05) is 22.4 Å². The summed E-state index contributed by atoms with van der Waals surface area (Å²) in [6.07, 6.45) is 1.04. The van der Waals surface area contributed by atoms with Crippen LogP contribution in [0, 0.1) is 0 Å². The van der Waals surface area contributed by atoms with Crippen molar-refractivity contribution in [2.24, 2.45) is 5.73 Å². The molecule has 0 saturated heterocycles. The van der Waals surface area contributed by atoms with Crippen LogP contribution in [0.2, 0.25) is 5.02 Å². The number of hydrogen-bond acceptors (Lipinski definition) is 4. The van der Waals surface area contributed by atoms with Gasteiger partial charge in [0.05, 0.1) is 5.02 Å². The lowest BCUT2D eigenvalue weighted by atomic mass is 10.2. The third-order valence-electron chi connectivity index (χ3n) is 2.74. The monoisotopic (exact) mass is 338 g/mol. The number of carbonyl (C=O) groups excluding carboxylic acids is 2. The lowest BCUT2D eigenvalue weighted by molar-refractivity contribution is -0.120. The molecule has 2 rings (SSSR count). The van der Waals surface area contributed by atoms with Crippen LogP contribution < -0.4 is 15.8 Å². The number of ether oxygens (including phenoxy) is 1. The van der Waals surface area contributed by atoms with E-state index >= 15 is 0 Å². The van der Waals surface area contributed by atoms with Crippen LogP contribution in [0.15, 0.2) is 35.7 Å². The molecule has 0 fully saturated rings. The largest absolute Gasteiger partial charge is 0.484 e. The zero-order valence-electron chi connectivity index (χ0n) is 11.7. The number of anilines is 1. The van der Waals surface area contributed by atoms with Gasteiger partial charge in [-0.2, -0.15) is 0 Å². The van der Waals surface area contributed by atoms with E-state index in [1.165, 1.54) is 0 Å². The smallest absolute Gasteiger partial charge is 0.255 e. The minimum absolute atomic E-state index is 0.0738. The molecule has 1 aromatic carbocycles. The van der Waals surface area contributed by atoms with Gasteiger partial charge in [-0.1, -0.05) is 11.6 Å². The van der Waals surface area contributed by atoms with Gasteiger partial charge in [-0.25, -0.2) is 0 Å². The number of rotatable bonds is 7. The Hall–Kier alpha value is -2.05. The predicted molar refractivity (Wildman–Crippen MR) is 87.4 cm³/mol. The first kappa shape index (κ1) is 16.3. The summed E-state index contributed by atoms with van der Waals surface area (Å²) in [5, 5.41) is 5.34. The molecule has 2 aromatic rings. The summed E-state index contributed by atoms with van der Waals surface area (Å²) >= 11 is 7.38. The van der Waals surface area contributed by atoms with E-state index in [4.69, 9.17) is 22.1 Å². The van der Waals surface area contributed by atoms with E-state index in [-0.39, 0.29) is 12.5 Å². The summed E-state index contributed by atoms with van der Waals surface area (Å²) in [7, 11) is 0. The summed E-state index contributed by atoms with van der Waals surface area (Å²) in [5.41, 5.74) is 5.66. The second-order valence-electron chi connectivity index (χ2n) is 4.56. The minimum Gasteiger partial charge on any atom is -0.484 e. The number of primary amides is 1. The van der Waals surface area contributed by atoms with Gasteiger partial charge in [0.1, 0.15) is 5.75 Å². The molecule has 0 saturated carbocycles. The van der Waals surface area contributed by atoms with E-state index in [2.05, 4.69) is 5.32 Å². The Morgan fingerprint density at radius 2 is 2.00 bits per heavy atom. The van der Waals surface area contributed by atoms with Crippen LogP contribution in [0.5, 0.6) is 5.75 Å². The highest BCUT2D eigenvalue weighted by molar-refractivity contribution is 7.10. The van der Waals surface area contributed by atoms with Gasteiger partial charge >= 0.3 is 0 Å². The number of amides is 2. The maximum absolute atomic E-state index is 11.9. The zero-order valence-corrected chi connectivity index (χ0v) is 13.2. The molecule has 0 aliphatic rings. The first-order valence-electron chi connectivity index (χ1n) is 6.57. The van der Waals surface area contributed by atoms with E-state index in [0.717, 1.165) is 4.88 Å². The zero-order chi connectivity index (χ0) is 15.9. The number of halogens is 1. The molecule has 0 unspecified atom stereocenters. The molecular formula is C15H15ClN2O3S. The Balaban J connectivity index is 1.79. The van der Waals surface area contributed by atoms with Gasteiger partial charge in [-0.3, -0.25) is 9.59 Å². The Morgan fingerprint density at radius 1 is 1.27 bits per heavy atom. The van der Waals surface area contributed by atoms with E-state index in [9.17, 15) is 9.59 Å². The van der Waals surface area contributed by atoms with Gasteiger partial charge in [0.25, 0.3) is 5.91 Å². The maximum Gasteiger partial charge on any atom is 0.255 e. The van der Waals surface area contributed by atoms with Crippen LogP contribution in [0.3, 0.4) is 0 Å². The molecule has 5 nitrogen and oxygen atoms in total. The first-order valence-corrected chi connectivity index (χ1v) is 7.82. The Bertz CT molecular complexity index is 655. The van der Waals surface area contributed by atoms with Crippen molar-refractivity contribution < 1.29 is 14.3 Å². The van der Waals surface area contributed by atoms with Crippen LogP contribution in [-0.2, 0) is 16.0 Å². The maximum atomic E-state index is 11.9. The summed E-state index contributed by atoms with van der Waals surface area (Å²) in [5.74, 6) is -0.0913. The molecule has 0 radical (unpaired) electrons. The van der Waals surface area contributed by atoms with Crippen molar-refractivity contribution in [3.63, 3.8) is 0 Å². The highest BCUT2D eigenvalue weighted by Crippen LogP contribution is 2.21. The fourth-order valence-electron chi connectivity index (χ4n) is 1.73. The number of hydrogen-bond donors (Lipinski definition) is 2. The van der Waals surface area contributed by atoms with Crippen molar-refractivity contribution in [3.05, 3.63) is 45.6 Å². The third-order valence-corrected chi connectivity index (χ3v) is 4.08. The van der Waals surface area contributed by atoms with Crippen molar-refractivity contribution >= 4 is 40.4 Å². The van der Waals surface area contributed by atoms with Crippen molar-refractivity contribution in [1.29, 1.82) is 0 Å². The van der Waals surface area contributed by atoms with Crippen LogP contribution in [0.4, 0.5) is 5.69 Å². The summed E-state index contributed by atoms with van der Waals surface area (Å²) < 4.78 is 5.14. The summed E-state index contributed by atoms with van der Waals surface area (Å²) in [4.78, 5) is 23.5. The van der Waals surface area contributed by atoms with E-state index in [0.29, 0.717) is 29.3 Å². The fraction of sp³-hybridized carbons (Fsp3) is 0.200. The van der Waals surface area contributed by atoms with Gasteiger partial charge in [0.2, 0.25) is 5.91 Å². The molecule has 0 atom stereocenters. The molecule has 7 heteroatoms. The standard InChI is InChI=1S/C15H15ClN2O3S/c16-10-7-13(22-9-10)5-6-15(20)18-11-1-3-12(4-2-11)21-8-14(17)19/h1-4,7,9H,5-6,8H2,(H2,17,19)(H,18,20). The quantitative estimate of drug-likeness (QED) is 0.814. The van der Waals surface area contributed by atoms with Gasteiger partial charge in [-0.05, 0) is 36.8 Å². The molecule has 1 heterocycles. The van der Waals surface area contributed by atoms with Gasteiger partial charge in [0.15, 0.2) is 6.61 Å². The lowest BCUT2D eigenvalue weighted by Crippen LogP contribution is -2.20. The molecule has 2 amide bonds. The molecule has 22 heavy (non-hydrogen) atoms. The molecule has 0 aliphatic heterocycles. The number of aryl methyl sites for hydroxylation is 1. The van der Waals surface area contributed by atoms with Crippen molar-refractivity contribution in [2.75, 3.05) is 11.9 Å². The van der Waals surface area contributed by atoms with E-state index in [1.807, 2.05) is 11.4 Å². The highest BCUT2D eigenvalue weighted by atomic mass is 35.5. The second-order valence-corrected chi connectivity index (χ2v) is 5.99. The fourth-order valence-corrected chi connectivity index (χ4v) is 2.81. The van der Waals surface area contributed by atoms with Crippen molar-refractivity contribution in [1.82, 2.24) is 0 Å². The second kappa shape index (κ2) is 7.82. The Kier molecular flexibility index (Phi) is 5.80. The van der Waals surface area contributed by atoms with Crippen molar-refractivity contribution in [3.8, 4) is 5.75 Å². The van der Waals surface area contributed by atoms with Crippen LogP contribution in [0.25, 0.3) is 0 Å². The molecule has 0 aliphatic carbocycles. The SMILES string of the molecule is NC(=O)COc1ccc(NC(=O)CCc2cc(Cl)cs2)cc1. The highest BCUT2D eigenvalue weighted by Gasteiger charge is 2.05. The molecule has 3 N–H and O–H groups in total. The summed E-state index contributed by atoms with van der Waals surface area (Å²) in [6.45, 7) is -0.172. The number of benzene rings is 1. The van der Waals surface area contributed by atoms with E-state index < -0.39 is 5.91 Å². The number of carbonyl (C=O) groups is 2. The Morgan fingerprint density at radius 3 is 2.59 bits per heavy atom. The molecule has 0 spiro atoms. The first-order chi connectivity index (χ1) is 10.5. The van der Waals surface area contributed by atoms with E-state index in [1.54, 1.807) is 35.6 Å². The van der Waals surface area contributed by atoms with Gasteiger partial charge in [-0.15, -0.1) is 11.3 Å². The van der Waals surface area contributed by atoms with Crippen LogP contribution in [-0.4, -0.2) is 18.4 Å². The molecule has 1 aromatic heterocycles. The number of thiophene rings is 1. The van der Waals surface area contributed by atoms with Crippen LogP contribution >= 0.6 is 22.9 Å². The lowest BCUT2D eigenvalue weighted by Gasteiger charge is -2.07. The molecule has 0 bridgehead atoms. The topological polar surface area (TPSA) is 81.4 Å². The predicted octanol–water partition coefficient (Wildman–Crippen LogP) is 2.84. The number of nitrogens with one attached hydrogen (secondary N) is 1. The normalized spacial score (nSPS) is 10.2. The van der Waals surface area contributed by atoms with Gasteiger partial charge < -0.3 is 15.8 Å². The van der Waals surface area contributed by atoms with Crippen LogP contribution in [0.1, 0.15) is 11.3 Å². The summed E-state index contributed by atoms with van der Waals surface area (Å²) in [6, 6.07) is 8.60. The minimum atomic E-state index is -0.536. The van der Waals surface area contributed by atoms with Crippen molar-refractivity contribution in [2.45, 2.75) is 12.8 Å². The average Bonchev–Trinajstić information content (AvgIpc) is 2.90. The molecule has 116 valence electrons. The average molecular weight is 339 g/mol. The number of nitrogens with two attached hydrogens (primary N) is 1. The molecular weight excluding hydrogens is 324 g/mol. The Labute approximate surface area is 137 Å².